The van der Waals surface area contributed by atoms with Crippen LogP contribution in [0.15, 0.2) is 72.1 Å². The first-order chi connectivity index (χ1) is 17.2. The summed E-state index contributed by atoms with van der Waals surface area (Å²) in [4.78, 5) is 14.2. The van der Waals surface area contributed by atoms with Crippen LogP contribution in [-0.2, 0) is 10.9 Å². The van der Waals surface area contributed by atoms with E-state index in [0.717, 1.165) is 0 Å². The fraction of sp³-hybridized carbons (Fsp3) is 0.0741. The summed E-state index contributed by atoms with van der Waals surface area (Å²) in [6.45, 7) is 0. The Morgan fingerprint density at radius 1 is 0.972 bits per heavy atom. The smallest absolute Gasteiger partial charge is 0.426 e. The first kappa shape index (κ1) is 24.1. The Labute approximate surface area is 211 Å². The molecule has 0 spiro atoms. The first-order valence-corrected chi connectivity index (χ1v) is 11.9. The Morgan fingerprint density at radius 3 is 2.47 bits per heavy atom. The zero-order chi connectivity index (χ0) is 25.6. The molecule has 36 heavy (non-hydrogen) atoms. The monoisotopic (exact) mass is 529 g/mol. The molecule has 0 unspecified atom stereocenters. The van der Waals surface area contributed by atoms with Gasteiger partial charge in [0.25, 0.3) is 0 Å². The van der Waals surface area contributed by atoms with Crippen molar-refractivity contribution in [1.29, 1.82) is 0 Å². The second-order valence-corrected chi connectivity index (χ2v) is 9.32. The van der Waals surface area contributed by atoms with Gasteiger partial charge in [-0.2, -0.15) is 13.2 Å². The zero-order valence-corrected chi connectivity index (χ0v) is 20.1. The fourth-order valence-electron chi connectivity index (χ4n) is 4.22. The van der Waals surface area contributed by atoms with Gasteiger partial charge in [-0.25, -0.2) is 9.18 Å². The number of methoxy groups -OCH3 is 1. The van der Waals surface area contributed by atoms with Gasteiger partial charge in [0.1, 0.15) is 10.7 Å². The van der Waals surface area contributed by atoms with Crippen molar-refractivity contribution in [2.45, 2.75) is 6.18 Å². The third kappa shape index (κ3) is 4.27. The quantitative estimate of drug-likeness (QED) is 0.187. The summed E-state index contributed by atoms with van der Waals surface area (Å²) in [7, 11) is 1.27. The van der Waals surface area contributed by atoms with Crippen molar-refractivity contribution >= 4 is 39.8 Å². The molecule has 1 N–H and O–H groups in total. The van der Waals surface area contributed by atoms with Crippen LogP contribution in [0.1, 0.15) is 15.2 Å². The highest BCUT2D eigenvalue weighted by molar-refractivity contribution is 7.10. The molecular formula is C27H16ClF4NO2S. The number of hydrogen-bond donors (Lipinski definition) is 1. The SMILES string of the molecule is COC(=O)c1ccc(-c2cccc(-c3[nH]c4ccc(F)cc4c3-c3ccsc3C(F)(F)F)c2)c(Cl)c1. The van der Waals surface area contributed by atoms with Crippen molar-refractivity contribution in [2.75, 3.05) is 7.11 Å². The average Bonchev–Trinajstić information content (AvgIpc) is 3.48. The van der Waals surface area contributed by atoms with E-state index in [2.05, 4.69) is 4.98 Å². The van der Waals surface area contributed by atoms with Crippen molar-refractivity contribution < 1.29 is 27.1 Å². The molecule has 9 heteroatoms. The van der Waals surface area contributed by atoms with Gasteiger partial charge in [-0.15, -0.1) is 11.3 Å². The number of halogens is 5. The first-order valence-electron chi connectivity index (χ1n) is 10.6. The van der Waals surface area contributed by atoms with E-state index in [1.165, 1.54) is 42.8 Å². The van der Waals surface area contributed by atoms with Crippen LogP contribution < -0.4 is 0 Å². The molecule has 2 heterocycles. The molecule has 0 aliphatic heterocycles. The third-order valence-corrected chi connectivity index (χ3v) is 7.08. The number of thiophene rings is 1. The highest BCUT2D eigenvalue weighted by Gasteiger charge is 2.36. The number of fused-ring (bicyclic) bond motifs is 1. The van der Waals surface area contributed by atoms with Gasteiger partial charge in [0.15, 0.2) is 0 Å². The number of nitrogens with one attached hydrogen (secondary N) is 1. The lowest BCUT2D eigenvalue weighted by Crippen LogP contribution is -2.03. The molecule has 0 aliphatic rings. The number of aromatic nitrogens is 1. The largest absolute Gasteiger partial charge is 0.465 e. The molecule has 0 saturated carbocycles. The van der Waals surface area contributed by atoms with Gasteiger partial charge < -0.3 is 9.72 Å². The summed E-state index contributed by atoms with van der Waals surface area (Å²) >= 11 is 7.04. The van der Waals surface area contributed by atoms with Crippen LogP contribution in [0, 0.1) is 5.82 Å². The molecule has 0 atom stereocenters. The highest BCUT2D eigenvalue weighted by atomic mass is 35.5. The lowest BCUT2D eigenvalue weighted by molar-refractivity contribution is -0.133. The van der Waals surface area contributed by atoms with Crippen molar-refractivity contribution in [3.8, 4) is 33.5 Å². The van der Waals surface area contributed by atoms with Gasteiger partial charge in [0.05, 0.1) is 18.4 Å². The number of esters is 1. The number of carbonyl (C=O) groups is 1. The third-order valence-electron chi connectivity index (χ3n) is 5.81. The van der Waals surface area contributed by atoms with Gasteiger partial charge in [-0.3, -0.25) is 0 Å². The molecule has 0 bridgehead atoms. The summed E-state index contributed by atoms with van der Waals surface area (Å²) in [5.41, 5.74) is 3.36. The number of carbonyl (C=O) groups excluding carboxylic acids is 1. The van der Waals surface area contributed by atoms with E-state index in [4.69, 9.17) is 16.3 Å². The second-order valence-electron chi connectivity index (χ2n) is 7.99. The fourth-order valence-corrected chi connectivity index (χ4v) is 5.28. The number of ether oxygens (including phenoxy) is 1. The summed E-state index contributed by atoms with van der Waals surface area (Å²) in [6.07, 6.45) is -4.56. The zero-order valence-electron chi connectivity index (χ0n) is 18.5. The van der Waals surface area contributed by atoms with Crippen LogP contribution in [0.5, 0.6) is 0 Å². The van der Waals surface area contributed by atoms with Gasteiger partial charge in [-0.05, 0) is 59.0 Å². The number of rotatable bonds is 4. The van der Waals surface area contributed by atoms with Gasteiger partial charge in [0.2, 0.25) is 0 Å². The summed E-state index contributed by atoms with van der Waals surface area (Å²) in [5.74, 6) is -1.08. The predicted octanol–water partition coefficient (Wildman–Crippen LogP) is 8.83. The van der Waals surface area contributed by atoms with Gasteiger partial charge >= 0.3 is 12.1 Å². The Morgan fingerprint density at radius 2 is 1.75 bits per heavy atom. The van der Waals surface area contributed by atoms with E-state index < -0.39 is 22.8 Å². The van der Waals surface area contributed by atoms with Crippen LogP contribution in [0.2, 0.25) is 5.02 Å². The van der Waals surface area contributed by atoms with Crippen molar-refractivity contribution in [1.82, 2.24) is 4.98 Å². The predicted molar refractivity (Wildman–Crippen MR) is 134 cm³/mol. The average molecular weight is 530 g/mol. The van der Waals surface area contributed by atoms with Crippen molar-refractivity contribution in [3.63, 3.8) is 0 Å². The van der Waals surface area contributed by atoms with E-state index in [1.807, 2.05) is 0 Å². The highest BCUT2D eigenvalue weighted by Crippen LogP contribution is 2.47. The molecule has 5 rings (SSSR count). The van der Waals surface area contributed by atoms with E-state index in [9.17, 15) is 22.4 Å². The lowest BCUT2D eigenvalue weighted by atomic mass is 9.96. The lowest BCUT2D eigenvalue weighted by Gasteiger charge is -2.12. The minimum absolute atomic E-state index is 0.0229. The van der Waals surface area contributed by atoms with Crippen LogP contribution in [0.3, 0.4) is 0 Å². The molecular weight excluding hydrogens is 514 g/mol. The van der Waals surface area contributed by atoms with E-state index in [0.29, 0.717) is 55.2 Å². The maximum atomic E-state index is 14.2. The van der Waals surface area contributed by atoms with Crippen molar-refractivity contribution in [3.05, 3.63) is 93.4 Å². The van der Waals surface area contributed by atoms with Crippen LogP contribution in [0.4, 0.5) is 17.6 Å². The van der Waals surface area contributed by atoms with Gasteiger partial charge in [-0.1, -0.05) is 35.9 Å². The normalized spacial score (nSPS) is 11.7. The minimum Gasteiger partial charge on any atom is -0.465 e. The number of benzene rings is 3. The Hall–Kier alpha value is -3.62. The number of H-pyrrole nitrogens is 1. The molecule has 3 nitrogen and oxygen atoms in total. The molecule has 0 aliphatic carbocycles. The van der Waals surface area contributed by atoms with Crippen molar-refractivity contribution in [2.24, 2.45) is 0 Å². The van der Waals surface area contributed by atoms with Gasteiger partial charge in [0, 0.05) is 32.6 Å². The molecule has 182 valence electrons. The maximum Gasteiger partial charge on any atom is 0.426 e. The summed E-state index contributed by atoms with van der Waals surface area (Å²) in [6, 6.07) is 17.2. The van der Waals surface area contributed by atoms with E-state index >= 15 is 0 Å². The second kappa shape index (κ2) is 9.11. The number of hydrogen-bond acceptors (Lipinski definition) is 3. The summed E-state index contributed by atoms with van der Waals surface area (Å²) < 4.78 is 60.3. The molecule has 0 fully saturated rings. The molecule has 0 radical (unpaired) electrons. The minimum atomic E-state index is -4.56. The van der Waals surface area contributed by atoms with Crippen LogP contribution in [0.25, 0.3) is 44.4 Å². The Balaban J connectivity index is 1.71. The maximum absolute atomic E-state index is 14.2. The Bertz CT molecular complexity index is 1620. The number of aromatic amines is 1. The Kier molecular flexibility index (Phi) is 6.10. The molecule has 0 saturated heterocycles. The van der Waals surface area contributed by atoms with E-state index in [-0.39, 0.29) is 11.1 Å². The molecule has 0 amide bonds. The van der Waals surface area contributed by atoms with E-state index in [1.54, 1.807) is 36.4 Å². The number of alkyl halides is 3. The molecule has 5 aromatic rings. The van der Waals surface area contributed by atoms with Crippen LogP contribution in [-0.4, -0.2) is 18.1 Å². The summed E-state index contributed by atoms with van der Waals surface area (Å²) in [5, 5.41) is 2.03. The molecule has 3 aromatic carbocycles. The standard InChI is InChI=1S/C27H16ClF4NO2S/c1-35-26(34)16-5-7-18(21(28)12-16)14-3-2-4-15(11-14)24-23(19-9-10-36-25(19)27(30,31)32)20-13-17(29)6-8-22(20)33-24/h2-13,33H,1H3. The topological polar surface area (TPSA) is 42.1 Å². The van der Waals surface area contributed by atoms with Crippen LogP contribution >= 0.6 is 22.9 Å². The molecule has 2 aromatic heterocycles.